The maximum Gasteiger partial charge on any atom is 0.272 e. The molecule has 1 aromatic carbocycles. The molecule has 0 aromatic heterocycles. The largest absolute Gasteiger partial charge is 0.378 e. The monoisotopic (exact) mass is 265 g/mol. The Labute approximate surface area is 109 Å². The Morgan fingerprint density at radius 3 is 2.74 bits per heavy atom. The van der Waals surface area contributed by atoms with Gasteiger partial charge in [0.15, 0.2) is 5.60 Å². The lowest BCUT2D eigenvalue weighted by atomic mass is 10.0. The SMILES string of the molecule is Cc1cc(N2CCC(O)(C(N)=O)C2)ccc1[N+](=O)[O-]. The van der Waals surface area contributed by atoms with Gasteiger partial charge < -0.3 is 15.7 Å². The molecule has 0 bridgehead atoms. The van der Waals surface area contributed by atoms with Crippen LogP contribution in [0.5, 0.6) is 0 Å². The number of nitrogens with two attached hydrogens (primary N) is 1. The fourth-order valence-electron chi connectivity index (χ4n) is 2.26. The zero-order chi connectivity index (χ0) is 14.2. The van der Waals surface area contributed by atoms with Gasteiger partial charge in [0.1, 0.15) is 0 Å². The van der Waals surface area contributed by atoms with Crippen LogP contribution in [0.4, 0.5) is 11.4 Å². The Balaban J connectivity index is 2.23. The first-order valence-electron chi connectivity index (χ1n) is 5.86. The lowest BCUT2D eigenvalue weighted by Crippen LogP contribution is -2.46. The molecule has 0 saturated carbocycles. The van der Waals surface area contributed by atoms with Crippen LogP contribution in [-0.4, -0.2) is 34.6 Å². The minimum absolute atomic E-state index is 0.0492. The van der Waals surface area contributed by atoms with Gasteiger partial charge in [-0.25, -0.2) is 0 Å². The Hall–Kier alpha value is -2.15. The van der Waals surface area contributed by atoms with Gasteiger partial charge in [-0.05, 0) is 19.1 Å². The van der Waals surface area contributed by atoms with Crippen molar-refractivity contribution in [3.8, 4) is 0 Å². The fraction of sp³-hybridized carbons (Fsp3) is 0.417. The highest BCUT2D eigenvalue weighted by Gasteiger charge is 2.41. The molecule has 0 aliphatic carbocycles. The van der Waals surface area contributed by atoms with E-state index < -0.39 is 16.4 Å². The molecule has 1 saturated heterocycles. The van der Waals surface area contributed by atoms with Gasteiger partial charge in [0.2, 0.25) is 0 Å². The molecular formula is C12H15N3O4. The minimum Gasteiger partial charge on any atom is -0.378 e. The molecule has 1 aliphatic heterocycles. The molecule has 0 radical (unpaired) electrons. The zero-order valence-corrected chi connectivity index (χ0v) is 10.5. The number of β-amino-alcohol motifs (C(OH)–C–C–N with tert-alkyl or cyclic N) is 1. The molecule has 7 nitrogen and oxygen atoms in total. The molecule has 102 valence electrons. The van der Waals surface area contributed by atoms with Crippen LogP contribution in [0.25, 0.3) is 0 Å². The van der Waals surface area contributed by atoms with Crippen molar-refractivity contribution in [2.45, 2.75) is 18.9 Å². The molecule has 1 heterocycles. The average molecular weight is 265 g/mol. The first-order valence-corrected chi connectivity index (χ1v) is 5.86. The van der Waals surface area contributed by atoms with Crippen molar-refractivity contribution in [1.29, 1.82) is 0 Å². The second kappa shape index (κ2) is 4.51. The summed E-state index contributed by atoms with van der Waals surface area (Å²) < 4.78 is 0. The van der Waals surface area contributed by atoms with E-state index in [4.69, 9.17) is 5.73 Å². The number of hydrogen-bond donors (Lipinski definition) is 2. The molecule has 0 spiro atoms. The summed E-state index contributed by atoms with van der Waals surface area (Å²) in [6.45, 7) is 2.24. The van der Waals surface area contributed by atoms with E-state index in [-0.39, 0.29) is 18.7 Å². The summed E-state index contributed by atoms with van der Waals surface area (Å²) in [6.07, 6.45) is 0.262. The van der Waals surface area contributed by atoms with Gasteiger partial charge in [0, 0.05) is 30.3 Å². The van der Waals surface area contributed by atoms with Crippen molar-refractivity contribution < 1.29 is 14.8 Å². The summed E-state index contributed by atoms with van der Waals surface area (Å²) in [4.78, 5) is 23.3. The van der Waals surface area contributed by atoms with E-state index in [1.54, 1.807) is 24.0 Å². The van der Waals surface area contributed by atoms with Gasteiger partial charge >= 0.3 is 0 Å². The quantitative estimate of drug-likeness (QED) is 0.604. The molecule has 1 aromatic rings. The number of benzene rings is 1. The topological polar surface area (TPSA) is 110 Å². The molecule has 2 rings (SSSR count). The molecule has 3 N–H and O–H groups in total. The van der Waals surface area contributed by atoms with Crippen molar-refractivity contribution >= 4 is 17.3 Å². The van der Waals surface area contributed by atoms with Gasteiger partial charge in [-0.2, -0.15) is 0 Å². The van der Waals surface area contributed by atoms with Crippen LogP contribution >= 0.6 is 0 Å². The van der Waals surface area contributed by atoms with Gasteiger partial charge in [0.05, 0.1) is 11.5 Å². The third-order valence-electron chi connectivity index (χ3n) is 3.45. The number of carbonyl (C=O) groups excluding carboxylic acids is 1. The Morgan fingerprint density at radius 1 is 1.58 bits per heavy atom. The lowest BCUT2D eigenvalue weighted by Gasteiger charge is -2.21. The average Bonchev–Trinajstić information content (AvgIpc) is 2.73. The molecule has 7 heteroatoms. The minimum atomic E-state index is -1.52. The van der Waals surface area contributed by atoms with E-state index in [1.165, 1.54) is 6.07 Å². The number of hydrogen-bond acceptors (Lipinski definition) is 5. The second-order valence-electron chi connectivity index (χ2n) is 4.80. The van der Waals surface area contributed by atoms with Gasteiger partial charge in [0.25, 0.3) is 11.6 Å². The molecule has 1 unspecified atom stereocenters. The van der Waals surface area contributed by atoms with E-state index in [1.807, 2.05) is 0 Å². The van der Waals surface area contributed by atoms with Crippen LogP contribution in [0.2, 0.25) is 0 Å². The predicted octanol–water partition coefficient (Wildman–Crippen LogP) is 0.330. The Morgan fingerprint density at radius 2 is 2.26 bits per heavy atom. The van der Waals surface area contributed by atoms with E-state index in [0.29, 0.717) is 12.1 Å². The molecular weight excluding hydrogens is 250 g/mol. The smallest absolute Gasteiger partial charge is 0.272 e. The number of aliphatic hydroxyl groups is 1. The maximum absolute atomic E-state index is 11.2. The zero-order valence-electron chi connectivity index (χ0n) is 10.5. The second-order valence-corrected chi connectivity index (χ2v) is 4.80. The highest BCUT2D eigenvalue weighted by molar-refractivity contribution is 5.85. The van der Waals surface area contributed by atoms with Crippen LogP contribution < -0.4 is 10.6 Å². The number of nitro groups is 1. The Bertz CT molecular complexity index is 546. The van der Waals surface area contributed by atoms with Crippen molar-refractivity contribution in [3.05, 3.63) is 33.9 Å². The highest BCUT2D eigenvalue weighted by atomic mass is 16.6. The third kappa shape index (κ3) is 2.37. The van der Waals surface area contributed by atoms with E-state index in [0.717, 1.165) is 5.69 Å². The molecule has 1 atom stereocenters. The summed E-state index contributed by atoms with van der Waals surface area (Å²) in [5, 5.41) is 20.7. The molecule has 1 amide bonds. The van der Waals surface area contributed by atoms with Crippen LogP contribution in [0, 0.1) is 17.0 Å². The number of amides is 1. The number of anilines is 1. The lowest BCUT2D eigenvalue weighted by molar-refractivity contribution is -0.385. The van der Waals surface area contributed by atoms with Crippen LogP contribution in [0.3, 0.4) is 0 Å². The Kier molecular flexibility index (Phi) is 3.15. The molecule has 19 heavy (non-hydrogen) atoms. The number of nitrogens with zero attached hydrogens (tertiary/aromatic N) is 2. The number of aryl methyl sites for hydroxylation is 1. The van der Waals surface area contributed by atoms with Crippen molar-refractivity contribution in [2.24, 2.45) is 5.73 Å². The van der Waals surface area contributed by atoms with Crippen LogP contribution in [0.15, 0.2) is 18.2 Å². The number of rotatable bonds is 3. The molecule has 1 fully saturated rings. The predicted molar refractivity (Wildman–Crippen MR) is 68.8 cm³/mol. The van der Waals surface area contributed by atoms with Gasteiger partial charge in [-0.15, -0.1) is 0 Å². The normalized spacial score (nSPS) is 22.5. The van der Waals surface area contributed by atoms with Gasteiger partial charge in [-0.3, -0.25) is 14.9 Å². The summed E-state index contributed by atoms with van der Waals surface area (Å²) >= 11 is 0. The third-order valence-corrected chi connectivity index (χ3v) is 3.45. The van der Waals surface area contributed by atoms with Crippen molar-refractivity contribution in [3.63, 3.8) is 0 Å². The van der Waals surface area contributed by atoms with Crippen LogP contribution in [0.1, 0.15) is 12.0 Å². The van der Waals surface area contributed by atoms with Crippen molar-refractivity contribution in [2.75, 3.05) is 18.0 Å². The van der Waals surface area contributed by atoms with Crippen LogP contribution in [-0.2, 0) is 4.79 Å². The summed E-state index contributed by atoms with van der Waals surface area (Å²) in [5.41, 5.74) is 4.97. The van der Waals surface area contributed by atoms with E-state index >= 15 is 0 Å². The van der Waals surface area contributed by atoms with E-state index in [9.17, 15) is 20.0 Å². The number of nitro benzene ring substituents is 1. The summed E-state index contributed by atoms with van der Waals surface area (Å²) in [6, 6.07) is 4.70. The summed E-state index contributed by atoms with van der Waals surface area (Å²) in [5.74, 6) is -0.742. The first-order chi connectivity index (χ1) is 8.83. The van der Waals surface area contributed by atoms with Gasteiger partial charge in [-0.1, -0.05) is 0 Å². The number of primary amides is 1. The first kappa shape index (κ1) is 13.3. The fourth-order valence-corrected chi connectivity index (χ4v) is 2.26. The highest BCUT2D eigenvalue weighted by Crippen LogP contribution is 2.29. The standard InChI is InChI=1S/C12H15N3O4/c1-8-6-9(2-3-10(8)15(18)19)14-5-4-12(17,7-14)11(13)16/h2-3,6,17H,4-5,7H2,1H3,(H2,13,16). The number of carbonyl (C=O) groups is 1. The maximum atomic E-state index is 11.2. The van der Waals surface area contributed by atoms with E-state index in [2.05, 4.69) is 0 Å². The van der Waals surface area contributed by atoms with Crippen molar-refractivity contribution in [1.82, 2.24) is 0 Å². The molecule has 1 aliphatic rings. The summed E-state index contributed by atoms with van der Waals surface area (Å²) in [7, 11) is 0.